The highest BCUT2D eigenvalue weighted by Crippen LogP contribution is 2.48. The maximum absolute atomic E-state index is 13.5. The van der Waals surface area contributed by atoms with E-state index in [9.17, 15) is 19.8 Å². The molecule has 2 aromatic carbocycles. The highest BCUT2D eigenvalue weighted by atomic mass is 79.9. The number of aromatic nitrogens is 2. The number of aliphatic hydroxyl groups is 1. The minimum atomic E-state index is -1.73. The molecule has 3 heterocycles. The molecule has 0 saturated carbocycles. The maximum atomic E-state index is 13.5. The minimum absolute atomic E-state index is 0.165. The van der Waals surface area contributed by atoms with Gasteiger partial charge in [0.25, 0.3) is 5.91 Å². The van der Waals surface area contributed by atoms with E-state index in [-0.39, 0.29) is 11.9 Å². The number of halogens is 1. The van der Waals surface area contributed by atoms with Gasteiger partial charge in [-0.3, -0.25) is 14.6 Å². The molecule has 0 spiro atoms. The number of carbonyl (C=O) groups is 2. The molecule has 33 heavy (non-hydrogen) atoms. The van der Waals surface area contributed by atoms with Crippen molar-refractivity contribution in [1.82, 2.24) is 14.9 Å². The van der Waals surface area contributed by atoms with Gasteiger partial charge >= 0.3 is 6.09 Å². The van der Waals surface area contributed by atoms with Crippen molar-refractivity contribution in [2.45, 2.75) is 18.7 Å². The summed E-state index contributed by atoms with van der Waals surface area (Å²) in [4.78, 5) is 35.6. The summed E-state index contributed by atoms with van der Waals surface area (Å²) >= 11 is 4.98. The van der Waals surface area contributed by atoms with Crippen LogP contribution in [0.25, 0.3) is 11.0 Å². The van der Waals surface area contributed by atoms with E-state index in [2.05, 4.69) is 25.9 Å². The Balaban J connectivity index is 1.68. The van der Waals surface area contributed by atoms with Crippen LogP contribution in [0.5, 0.6) is 0 Å². The zero-order chi connectivity index (χ0) is 23.5. The van der Waals surface area contributed by atoms with Crippen LogP contribution in [0.4, 0.5) is 10.7 Å². The fourth-order valence-corrected chi connectivity index (χ4v) is 5.74. The zero-order valence-corrected chi connectivity index (χ0v) is 20.0. The number of fused-ring (bicyclic) bond motifs is 2. The van der Waals surface area contributed by atoms with Gasteiger partial charge in [-0.1, -0.05) is 24.3 Å². The number of imidazole rings is 1. The molecule has 2 atom stereocenters. The van der Waals surface area contributed by atoms with E-state index in [1.165, 1.54) is 23.3 Å². The number of hydrogen-bond acceptors (Lipinski definition) is 5. The van der Waals surface area contributed by atoms with E-state index in [1.54, 1.807) is 42.5 Å². The largest absolute Gasteiger partial charge is 0.465 e. The van der Waals surface area contributed by atoms with Crippen LogP contribution in [0.1, 0.15) is 39.3 Å². The zero-order valence-electron chi connectivity index (χ0n) is 17.6. The summed E-state index contributed by atoms with van der Waals surface area (Å²) < 4.78 is 0.935. The van der Waals surface area contributed by atoms with Crippen LogP contribution in [0.2, 0.25) is 0 Å². The monoisotopic (exact) mass is 526 g/mol. The first-order chi connectivity index (χ1) is 15.7. The second kappa shape index (κ2) is 7.68. The lowest BCUT2D eigenvalue weighted by molar-refractivity contribution is -0.0670. The van der Waals surface area contributed by atoms with E-state index in [0.717, 1.165) is 13.6 Å². The number of thiophene rings is 1. The first-order valence-corrected chi connectivity index (χ1v) is 11.7. The number of aromatic amines is 1. The summed E-state index contributed by atoms with van der Waals surface area (Å²) in [6.07, 6.45) is -1.15. The average molecular weight is 527 g/mol. The molecule has 2 amide bonds. The molecule has 1 aliphatic heterocycles. The lowest BCUT2D eigenvalue weighted by Gasteiger charge is -2.38. The van der Waals surface area contributed by atoms with Crippen LogP contribution < -0.4 is 4.90 Å². The number of carbonyl (C=O) groups excluding carboxylic acids is 1. The Morgan fingerprint density at radius 2 is 2.00 bits per heavy atom. The number of nitrogens with one attached hydrogen (secondary N) is 1. The van der Waals surface area contributed by atoms with Gasteiger partial charge in [0, 0.05) is 28.6 Å². The summed E-state index contributed by atoms with van der Waals surface area (Å²) in [5.41, 5.74) is 0.769. The van der Waals surface area contributed by atoms with E-state index in [0.29, 0.717) is 27.7 Å². The molecule has 2 aromatic heterocycles. The predicted octanol–water partition coefficient (Wildman–Crippen LogP) is 4.91. The number of H-pyrrole nitrogens is 1. The van der Waals surface area contributed by atoms with Crippen molar-refractivity contribution in [2.24, 2.45) is 0 Å². The fraction of sp³-hybridized carbons (Fsp3) is 0.174. The molecule has 4 aromatic rings. The number of rotatable bonds is 4. The Morgan fingerprint density at radius 3 is 2.70 bits per heavy atom. The summed E-state index contributed by atoms with van der Waals surface area (Å²) in [7, 11) is 1.39. The standard InChI is InChI=1S/C23H19BrN4O4S/c1-12(18-9-10-19(24)33-18)28-20(29)14-5-3-4-6-15(14)23(28,32)13-7-8-16-17(11-13)26-21(25-16)27(2)22(30)31/h3-12,32H,1-2H3,(H,25,26)(H,30,31). The smallest absolute Gasteiger partial charge is 0.413 e. The van der Waals surface area contributed by atoms with Crippen molar-refractivity contribution in [3.8, 4) is 0 Å². The molecule has 2 unspecified atom stereocenters. The van der Waals surface area contributed by atoms with Crippen LogP contribution in [-0.2, 0) is 5.72 Å². The number of benzene rings is 2. The van der Waals surface area contributed by atoms with Crippen LogP contribution in [0.3, 0.4) is 0 Å². The summed E-state index contributed by atoms with van der Waals surface area (Å²) in [5.74, 6) is -0.100. The summed E-state index contributed by atoms with van der Waals surface area (Å²) in [6, 6.07) is 15.6. The Morgan fingerprint density at radius 1 is 1.24 bits per heavy atom. The Kier molecular flexibility index (Phi) is 5.04. The molecule has 5 rings (SSSR count). The minimum Gasteiger partial charge on any atom is -0.465 e. The van der Waals surface area contributed by atoms with Crippen LogP contribution in [-0.4, -0.2) is 44.1 Å². The van der Waals surface area contributed by atoms with E-state index in [1.807, 2.05) is 19.1 Å². The highest BCUT2D eigenvalue weighted by Gasteiger charge is 2.52. The SMILES string of the molecule is CC(c1ccc(Br)s1)N1C(=O)c2ccccc2C1(O)c1ccc2[nH]c(N(C)C(=O)O)nc2c1. The van der Waals surface area contributed by atoms with Crippen molar-refractivity contribution in [3.05, 3.63) is 80.0 Å². The maximum Gasteiger partial charge on any atom is 0.413 e. The molecule has 10 heteroatoms. The molecular weight excluding hydrogens is 508 g/mol. The molecule has 1 aliphatic rings. The van der Waals surface area contributed by atoms with Crippen LogP contribution >= 0.6 is 27.3 Å². The van der Waals surface area contributed by atoms with Crippen molar-refractivity contribution < 1.29 is 19.8 Å². The van der Waals surface area contributed by atoms with Gasteiger partial charge in [0.1, 0.15) is 0 Å². The highest BCUT2D eigenvalue weighted by molar-refractivity contribution is 9.11. The van der Waals surface area contributed by atoms with E-state index in [4.69, 9.17) is 0 Å². The number of amides is 2. The third-order valence-corrected chi connectivity index (χ3v) is 7.77. The molecule has 0 saturated heterocycles. The summed E-state index contributed by atoms with van der Waals surface area (Å²) in [5, 5.41) is 21.5. The van der Waals surface area contributed by atoms with Crippen molar-refractivity contribution in [2.75, 3.05) is 11.9 Å². The number of carboxylic acid groups (broad SMARTS) is 1. The third-order valence-electron chi connectivity index (χ3n) is 5.97. The number of hydrogen-bond donors (Lipinski definition) is 3. The quantitative estimate of drug-likeness (QED) is 0.350. The van der Waals surface area contributed by atoms with Gasteiger partial charge in [0.05, 0.1) is 20.9 Å². The molecule has 3 N–H and O–H groups in total. The molecule has 0 bridgehead atoms. The lowest BCUT2D eigenvalue weighted by Crippen LogP contribution is -2.45. The molecular formula is C23H19BrN4O4S. The molecule has 0 fully saturated rings. The van der Waals surface area contributed by atoms with E-state index >= 15 is 0 Å². The normalized spacial score (nSPS) is 18.5. The Bertz CT molecular complexity index is 1420. The van der Waals surface area contributed by atoms with Crippen molar-refractivity contribution >= 4 is 56.2 Å². The van der Waals surface area contributed by atoms with Gasteiger partial charge in [0.2, 0.25) is 5.95 Å². The lowest BCUT2D eigenvalue weighted by atomic mass is 9.93. The predicted molar refractivity (Wildman–Crippen MR) is 129 cm³/mol. The van der Waals surface area contributed by atoms with E-state index < -0.39 is 17.9 Å². The van der Waals surface area contributed by atoms with Gasteiger partial charge in [-0.25, -0.2) is 9.78 Å². The molecule has 8 nitrogen and oxygen atoms in total. The number of anilines is 1. The molecule has 0 radical (unpaired) electrons. The van der Waals surface area contributed by atoms with Crippen molar-refractivity contribution in [3.63, 3.8) is 0 Å². The van der Waals surface area contributed by atoms with Gasteiger partial charge in [-0.05, 0) is 53.2 Å². The number of nitrogens with zero attached hydrogens (tertiary/aromatic N) is 3. The van der Waals surface area contributed by atoms with Crippen molar-refractivity contribution in [1.29, 1.82) is 0 Å². The van der Waals surface area contributed by atoms with Crippen LogP contribution in [0, 0.1) is 0 Å². The topological polar surface area (TPSA) is 110 Å². The van der Waals surface area contributed by atoms with Gasteiger partial charge in [-0.2, -0.15) is 0 Å². The fourth-order valence-electron chi connectivity index (χ4n) is 4.27. The second-order valence-corrected chi connectivity index (χ2v) is 10.3. The van der Waals surface area contributed by atoms with Gasteiger partial charge in [0.15, 0.2) is 5.72 Å². The average Bonchev–Trinajstić information content (AvgIpc) is 3.48. The Labute approximate surface area is 201 Å². The molecule has 0 aliphatic carbocycles. The van der Waals surface area contributed by atoms with Gasteiger partial charge < -0.3 is 15.2 Å². The van der Waals surface area contributed by atoms with Gasteiger partial charge in [-0.15, -0.1) is 11.3 Å². The second-order valence-electron chi connectivity index (χ2n) is 7.84. The Hall–Kier alpha value is -3.21. The molecule has 168 valence electrons. The third kappa shape index (κ3) is 3.25. The first kappa shape index (κ1) is 21.6. The summed E-state index contributed by atoms with van der Waals surface area (Å²) in [6.45, 7) is 1.89. The first-order valence-electron chi connectivity index (χ1n) is 10.1. The van der Waals surface area contributed by atoms with Crippen LogP contribution in [0.15, 0.2) is 58.4 Å².